The van der Waals surface area contributed by atoms with E-state index in [1.807, 2.05) is 7.05 Å². The van der Waals surface area contributed by atoms with E-state index < -0.39 is 4.92 Å². The lowest BCUT2D eigenvalue weighted by molar-refractivity contribution is -0.385. The Hall–Kier alpha value is -0.660. The van der Waals surface area contributed by atoms with E-state index in [0.717, 1.165) is 12.8 Å². The maximum absolute atomic E-state index is 10.7. The number of ether oxygens (including phenoxy) is 1. The normalized spacial score (nSPS) is 22.4. The molecule has 7 heteroatoms. The molecule has 0 unspecified atom stereocenters. The lowest BCUT2D eigenvalue weighted by Gasteiger charge is -2.35. The maximum atomic E-state index is 10.7. The molecule has 0 heterocycles. The van der Waals surface area contributed by atoms with Crippen molar-refractivity contribution in [1.82, 2.24) is 5.32 Å². The second-order valence-electron chi connectivity index (χ2n) is 4.19. The van der Waals surface area contributed by atoms with E-state index >= 15 is 0 Å². The van der Waals surface area contributed by atoms with Gasteiger partial charge >= 0.3 is 0 Å². The molecule has 0 saturated heterocycles. The van der Waals surface area contributed by atoms with Crippen LogP contribution < -0.4 is 10.1 Å². The Labute approximate surface area is 121 Å². The van der Waals surface area contributed by atoms with Crippen molar-refractivity contribution < 1.29 is 9.66 Å². The summed E-state index contributed by atoms with van der Waals surface area (Å²) in [7, 11) is 1.93. The third-order valence-corrected chi connectivity index (χ3v) is 4.16. The fourth-order valence-electron chi connectivity index (χ4n) is 1.83. The van der Waals surface area contributed by atoms with Gasteiger partial charge in [0, 0.05) is 18.2 Å². The van der Waals surface area contributed by atoms with Gasteiger partial charge in [0.2, 0.25) is 0 Å². The first-order chi connectivity index (χ1) is 8.51. The molecule has 0 aliphatic heterocycles. The topological polar surface area (TPSA) is 64.4 Å². The molecule has 1 aliphatic rings. The number of halogens is 2. The maximum Gasteiger partial charge on any atom is 0.271 e. The summed E-state index contributed by atoms with van der Waals surface area (Å²) in [6, 6.07) is 3.41. The van der Waals surface area contributed by atoms with Gasteiger partial charge in [0.1, 0.15) is 11.9 Å². The predicted molar refractivity (Wildman–Crippen MR) is 75.0 cm³/mol. The van der Waals surface area contributed by atoms with Crippen LogP contribution in [0.5, 0.6) is 5.75 Å². The highest BCUT2D eigenvalue weighted by Crippen LogP contribution is 2.39. The first kappa shape index (κ1) is 13.8. The van der Waals surface area contributed by atoms with Crippen LogP contribution in [-0.4, -0.2) is 24.1 Å². The number of hydrogen-bond donors (Lipinski definition) is 1. The summed E-state index contributed by atoms with van der Waals surface area (Å²) in [6.07, 6.45) is 2.06. The first-order valence-corrected chi connectivity index (χ1v) is 7.07. The highest BCUT2D eigenvalue weighted by Gasteiger charge is 2.30. The van der Waals surface area contributed by atoms with Gasteiger partial charge in [0.15, 0.2) is 0 Å². The smallest absolute Gasteiger partial charge is 0.271 e. The third-order valence-electron chi connectivity index (χ3n) is 2.98. The molecular weight excluding hydrogens is 368 g/mol. The minimum absolute atomic E-state index is 0.0304. The zero-order valence-electron chi connectivity index (χ0n) is 9.65. The van der Waals surface area contributed by atoms with E-state index in [1.54, 1.807) is 0 Å². The van der Waals surface area contributed by atoms with Crippen LogP contribution in [0.2, 0.25) is 0 Å². The van der Waals surface area contributed by atoms with Gasteiger partial charge in [-0.05, 0) is 51.7 Å². The number of benzene rings is 1. The van der Waals surface area contributed by atoms with Gasteiger partial charge in [-0.2, -0.15) is 0 Å². The molecule has 1 aromatic rings. The Balaban J connectivity index is 2.12. The van der Waals surface area contributed by atoms with Crippen molar-refractivity contribution in [3.63, 3.8) is 0 Å². The lowest BCUT2D eigenvalue weighted by Crippen LogP contribution is -2.45. The van der Waals surface area contributed by atoms with Gasteiger partial charge in [-0.15, -0.1) is 0 Å². The van der Waals surface area contributed by atoms with Gasteiger partial charge in [0.05, 0.1) is 13.9 Å². The van der Waals surface area contributed by atoms with Crippen LogP contribution in [0.15, 0.2) is 21.1 Å². The van der Waals surface area contributed by atoms with Gasteiger partial charge < -0.3 is 10.1 Å². The second kappa shape index (κ2) is 5.54. The Morgan fingerprint density at radius 1 is 1.39 bits per heavy atom. The second-order valence-corrected chi connectivity index (χ2v) is 5.90. The van der Waals surface area contributed by atoms with Crippen LogP contribution in [0.25, 0.3) is 0 Å². The summed E-state index contributed by atoms with van der Waals surface area (Å²) in [5.74, 6) is 0.625. The van der Waals surface area contributed by atoms with Crippen LogP contribution >= 0.6 is 31.9 Å². The largest absolute Gasteiger partial charge is 0.488 e. The van der Waals surface area contributed by atoms with E-state index in [1.165, 1.54) is 12.1 Å². The number of nitro benzene ring substituents is 1. The van der Waals surface area contributed by atoms with Crippen LogP contribution in [0.4, 0.5) is 5.69 Å². The molecule has 18 heavy (non-hydrogen) atoms. The van der Waals surface area contributed by atoms with Crippen molar-refractivity contribution in [2.75, 3.05) is 7.05 Å². The lowest BCUT2D eigenvalue weighted by atomic mass is 9.89. The molecular formula is C11H12Br2N2O3. The zero-order chi connectivity index (χ0) is 13.3. The van der Waals surface area contributed by atoms with Gasteiger partial charge in [-0.1, -0.05) is 0 Å². The molecule has 0 aromatic heterocycles. The van der Waals surface area contributed by atoms with Crippen LogP contribution in [-0.2, 0) is 0 Å². The Bertz CT molecular complexity index is 452. The number of nitrogens with zero attached hydrogens (tertiary/aromatic N) is 1. The minimum atomic E-state index is -0.431. The molecule has 1 N–H and O–H groups in total. The molecule has 1 aromatic carbocycles. The average molecular weight is 380 g/mol. The van der Waals surface area contributed by atoms with Crippen molar-refractivity contribution in [2.45, 2.75) is 25.0 Å². The molecule has 0 amide bonds. The first-order valence-electron chi connectivity index (χ1n) is 5.48. The van der Waals surface area contributed by atoms with Gasteiger partial charge in [-0.3, -0.25) is 10.1 Å². The Morgan fingerprint density at radius 2 is 1.94 bits per heavy atom. The molecule has 1 saturated carbocycles. The fraction of sp³-hybridized carbons (Fsp3) is 0.455. The molecule has 2 rings (SSSR count). The average Bonchev–Trinajstić information content (AvgIpc) is 2.25. The van der Waals surface area contributed by atoms with E-state index in [0.29, 0.717) is 20.7 Å². The van der Waals surface area contributed by atoms with Gasteiger partial charge in [0.25, 0.3) is 5.69 Å². The Kier molecular flexibility index (Phi) is 4.24. The van der Waals surface area contributed by atoms with Crippen LogP contribution in [0.1, 0.15) is 12.8 Å². The van der Waals surface area contributed by atoms with Crippen molar-refractivity contribution in [1.29, 1.82) is 0 Å². The molecule has 5 nitrogen and oxygen atoms in total. The molecule has 1 fully saturated rings. The predicted octanol–water partition coefficient (Wildman–Crippen LogP) is 3.25. The SMILES string of the molecule is CNC1CC(Oc2c(Br)cc([N+](=O)[O-])cc2Br)C1. The van der Waals surface area contributed by atoms with Crippen molar-refractivity contribution >= 4 is 37.5 Å². The Morgan fingerprint density at radius 3 is 2.39 bits per heavy atom. The zero-order valence-corrected chi connectivity index (χ0v) is 12.8. The molecule has 0 radical (unpaired) electrons. The fourth-order valence-corrected chi connectivity index (χ4v) is 3.18. The molecule has 0 atom stereocenters. The number of nitrogens with one attached hydrogen (secondary N) is 1. The van der Waals surface area contributed by atoms with Crippen molar-refractivity contribution in [2.24, 2.45) is 0 Å². The third kappa shape index (κ3) is 2.84. The van der Waals surface area contributed by atoms with Gasteiger partial charge in [-0.25, -0.2) is 0 Å². The standard InChI is InChI=1S/C11H12Br2N2O3/c1-14-6-2-8(3-6)18-11-9(12)4-7(15(16)17)5-10(11)13/h4-6,8,14H,2-3H2,1H3. The molecule has 0 bridgehead atoms. The highest BCUT2D eigenvalue weighted by atomic mass is 79.9. The van der Waals surface area contributed by atoms with E-state index in [-0.39, 0.29) is 11.8 Å². The monoisotopic (exact) mass is 378 g/mol. The van der Waals surface area contributed by atoms with E-state index in [2.05, 4.69) is 37.2 Å². The number of rotatable bonds is 4. The summed E-state index contributed by atoms with van der Waals surface area (Å²) < 4.78 is 7.01. The van der Waals surface area contributed by atoms with Crippen LogP contribution in [0.3, 0.4) is 0 Å². The molecule has 98 valence electrons. The summed E-state index contributed by atoms with van der Waals surface area (Å²) in [4.78, 5) is 10.3. The summed E-state index contributed by atoms with van der Waals surface area (Å²) in [5, 5.41) is 13.9. The van der Waals surface area contributed by atoms with E-state index in [9.17, 15) is 10.1 Å². The molecule has 0 spiro atoms. The highest BCUT2D eigenvalue weighted by molar-refractivity contribution is 9.11. The van der Waals surface area contributed by atoms with Crippen molar-refractivity contribution in [3.05, 3.63) is 31.2 Å². The quantitative estimate of drug-likeness (QED) is 0.644. The minimum Gasteiger partial charge on any atom is -0.488 e. The summed E-state index contributed by atoms with van der Waals surface area (Å²) in [6.45, 7) is 0. The number of hydrogen-bond acceptors (Lipinski definition) is 4. The van der Waals surface area contributed by atoms with E-state index in [4.69, 9.17) is 4.74 Å². The summed E-state index contributed by atoms with van der Waals surface area (Å²) >= 11 is 6.61. The number of nitro groups is 1. The molecule has 1 aliphatic carbocycles. The number of non-ortho nitro benzene ring substituents is 1. The summed E-state index contributed by atoms with van der Waals surface area (Å²) in [5.41, 5.74) is 0.0304. The van der Waals surface area contributed by atoms with Crippen LogP contribution in [0, 0.1) is 10.1 Å². The van der Waals surface area contributed by atoms with Crippen molar-refractivity contribution in [3.8, 4) is 5.75 Å².